The molecule has 1 amide bonds. The highest BCUT2D eigenvalue weighted by Gasteiger charge is 2.60. The summed E-state index contributed by atoms with van der Waals surface area (Å²) in [4.78, 5) is 28.3. The number of likely N-dealkylation sites (tertiary alicyclic amines) is 1. The molecule has 38 heavy (non-hydrogen) atoms. The molecule has 4 aromatic rings. The summed E-state index contributed by atoms with van der Waals surface area (Å²) in [6.07, 6.45) is 2.75. The highest BCUT2D eigenvalue weighted by molar-refractivity contribution is 6.00. The third-order valence-corrected chi connectivity index (χ3v) is 8.39. The first kappa shape index (κ1) is 23.6. The number of benzene rings is 1. The molecule has 5 heterocycles. The molecular formula is C28H27F2N5O3. The van der Waals surface area contributed by atoms with Crippen molar-refractivity contribution in [1.29, 1.82) is 0 Å². The summed E-state index contributed by atoms with van der Waals surface area (Å²) in [6, 6.07) is 7.49. The van der Waals surface area contributed by atoms with Gasteiger partial charge in [-0.15, -0.1) is 0 Å². The summed E-state index contributed by atoms with van der Waals surface area (Å²) in [6.45, 7) is 3.33. The smallest absolute Gasteiger partial charge is 0.281 e. The molecule has 1 aromatic carbocycles. The minimum atomic E-state index is -2.78. The van der Waals surface area contributed by atoms with E-state index in [1.54, 1.807) is 6.07 Å². The molecule has 0 unspecified atom stereocenters. The van der Waals surface area contributed by atoms with Crippen molar-refractivity contribution in [2.24, 2.45) is 11.3 Å². The van der Waals surface area contributed by atoms with Gasteiger partial charge in [0.05, 0.1) is 12.2 Å². The number of pyridine rings is 2. The molecule has 196 valence electrons. The molecule has 0 radical (unpaired) electrons. The van der Waals surface area contributed by atoms with E-state index in [0.717, 1.165) is 44.5 Å². The number of aromatic nitrogens is 3. The highest BCUT2D eigenvalue weighted by atomic mass is 19.3. The first-order valence-corrected chi connectivity index (χ1v) is 12.9. The number of halogens is 2. The Bertz CT molecular complexity index is 1570. The Morgan fingerprint density at radius 3 is 2.87 bits per heavy atom. The number of fused-ring (bicyclic) bond motifs is 2. The summed E-state index contributed by atoms with van der Waals surface area (Å²) in [7, 11) is 2.07. The molecule has 7 rings (SSSR count). The van der Waals surface area contributed by atoms with Gasteiger partial charge in [0.15, 0.2) is 5.58 Å². The molecule has 8 nitrogen and oxygen atoms in total. The molecule has 0 bridgehead atoms. The molecule has 10 heteroatoms. The molecule has 1 aliphatic carbocycles. The Labute approximate surface area is 217 Å². The molecule has 1 saturated carbocycles. The SMILES string of the molecule is CN1CC[C@@]2(C[C@@H]2C(=O)Nc2cc3c(-c4nc5cc([C@@H]6CCOC6)ccc5o4)cnc(C(F)F)c3cn2)C1. The van der Waals surface area contributed by atoms with E-state index in [9.17, 15) is 13.6 Å². The van der Waals surface area contributed by atoms with Gasteiger partial charge >= 0.3 is 0 Å². The zero-order chi connectivity index (χ0) is 26.0. The van der Waals surface area contributed by atoms with Gasteiger partial charge < -0.3 is 19.4 Å². The fourth-order valence-corrected chi connectivity index (χ4v) is 6.17. The van der Waals surface area contributed by atoms with Crippen molar-refractivity contribution in [2.75, 3.05) is 38.7 Å². The van der Waals surface area contributed by atoms with E-state index < -0.39 is 6.43 Å². The summed E-state index contributed by atoms with van der Waals surface area (Å²) in [5.41, 5.74) is 2.55. The van der Waals surface area contributed by atoms with Crippen LogP contribution in [0.2, 0.25) is 0 Å². The van der Waals surface area contributed by atoms with Crippen LogP contribution >= 0.6 is 0 Å². The topological polar surface area (TPSA) is 93.4 Å². The lowest BCUT2D eigenvalue weighted by molar-refractivity contribution is -0.118. The number of nitrogens with zero attached hydrogens (tertiary/aromatic N) is 4. The largest absolute Gasteiger partial charge is 0.436 e. The predicted octanol–water partition coefficient (Wildman–Crippen LogP) is 5.16. The van der Waals surface area contributed by atoms with Crippen molar-refractivity contribution in [3.05, 3.63) is 47.9 Å². The van der Waals surface area contributed by atoms with Crippen LogP contribution in [0.3, 0.4) is 0 Å². The van der Waals surface area contributed by atoms with E-state index in [1.165, 1.54) is 12.4 Å². The van der Waals surface area contributed by atoms with Crippen molar-refractivity contribution in [2.45, 2.75) is 31.6 Å². The van der Waals surface area contributed by atoms with Crippen LogP contribution in [0.5, 0.6) is 0 Å². The van der Waals surface area contributed by atoms with E-state index in [2.05, 4.69) is 32.2 Å². The number of hydrogen-bond acceptors (Lipinski definition) is 7. The van der Waals surface area contributed by atoms with Crippen molar-refractivity contribution in [3.8, 4) is 11.5 Å². The van der Waals surface area contributed by atoms with E-state index in [-0.39, 0.29) is 34.2 Å². The van der Waals surface area contributed by atoms with Crippen LogP contribution in [0.4, 0.5) is 14.6 Å². The molecule has 3 atom stereocenters. The van der Waals surface area contributed by atoms with Gasteiger partial charge in [-0.25, -0.2) is 18.7 Å². The zero-order valence-corrected chi connectivity index (χ0v) is 20.9. The van der Waals surface area contributed by atoms with Gasteiger partial charge in [-0.05, 0) is 62.0 Å². The Morgan fingerprint density at radius 2 is 2.11 bits per heavy atom. The molecular weight excluding hydrogens is 492 g/mol. The second-order valence-corrected chi connectivity index (χ2v) is 10.9. The molecule has 3 aromatic heterocycles. The Hall–Kier alpha value is -3.50. The molecule has 1 N–H and O–H groups in total. The number of rotatable bonds is 5. The number of oxazole rings is 1. The highest BCUT2D eigenvalue weighted by Crippen LogP contribution is 2.58. The summed E-state index contributed by atoms with van der Waals surface area (Å²) >= 11 is 0. The second kappa shape index (κ2) is 8.78. The van der Waals surface area contributed by atoms with Gasteiger partial charge in [0, 0.05) is 48.2 Å². The number of carbonyl (C=O) groups excluding carboxylic acids is 1. The standard InChI is InChI=1S/C28H27F2N5O3/c1-35-6-5-28(14-35)10-20(28)26(36)34-23-9-17-18(11-31-23)24(25(29)30)32-12-19(17)27-33-21-8-15(2-3-22(21)38-27)16-4-7-37-13-16/h2-3,8-9,11-12,16,20,25H,4-7,10,13-14H2,1H3,(H,31,34,36)/t16-,20-,28-/m1/s1. The van der Waals surface area contributed by atoms with Gasteiger partial charge in [0.1, 0.15) is 17.0 Å². The monoisotopic (exact) mass is 519 g/mol. The van der Waals surface area contributed by atoms with Gasteiger partial charge in [-0.2, -0.15) is 0 Å². The van der Waals surface area contributed by atoms with Gasteiger partial charge in [-0.3, -0.25) is 9.78 Å². The van der Waals surface area contributed by atoms with Crippen LogP contribution in [-0.2, 0) is 9.53 Å². The van der Waals surface area contributed by atoms with E-state index >= 15 is 0 Å². The number of hydrogen-bond donors (Lipinski definition) is 1. The predicted molar refractivity (Wildman–Crippen MR) is 137 cm³/mol. The summed E-state index contributed by atoms with van der Waals surface area (Å²) in [5, 5.41) is 3.56. The number of alkyl halides is 2. The van der Waals surface area contributed by atoms with E-state index in [1.807, 2.05) is 18.2 Å². The average molecular weight is 520 g/mol. The normalized spacial score (nSPS) is 25.3. The Morgan fingerprint density at radius 1 is 1.21 bits per heavy atom. The molecule has 2 saturated heterocycles. The molecule has 1 spiro atoms. The first-order valence-electron chi connectivity index (χ1n) is 12.9. The van der Waals surface area contributed by atoms with Gasteiger partial charge in [-0.1, -0.05) is 6.07 Å². The van der Waals surface area contributed by atoms with Crippen molar-refractivity contribution in [3.63, 3.8) is 0 Å². The van der Waals surface area contributed by atoms with Crippen LogP contribution < -0.4 is 5.32 Å². The first-order chi connectivity index (χ1) is 18.4. The maximum Gasteiger partial charge on any atom is 0.281 e. The van der Waals surface area contributed by atoms with E-state index in [4.69, 9.17) is 9.15 Å². The third-order valence-electron chi connectivity index (χ3n) is 8.39. The minimum absolute atomic E-state index is 0.0509. The lowest BCUT2D eigenvalue weighted by Crippen LogP contribution is -2.21. The van der Waals surface area contributed by atoms with Crippen LogP contribution in [0.25, 0.3) is 33.3 Å². The van der Waals surface area contributed by atoms with Gasteiger partial charge in [0.25, 0.3) is 6.43 Å². The molecule has 3 aliphatic rings. The fraction of sp³-hybridized carbons (Fsp3) is 0.429. The van der Waals surface area contributed by atoms with Gasteiger partial charge in [0.2, 0.25) is 11.8 Å². The Kier molecular flexibility index (Phi) is 5.45. The minimum Gasteiger partial charge on any atom is -0.436 e. The zero-order valence-electron chi connectivity index (χ0n) is 20.9. The lowest BCUT2D eigenvalue weighted by atomic mass is 9.98. The fourth-order valence-electron chi connectivity index (χ4n) is 6.17. The molecule has 3 fully saturated rings. The van der Waals surface area contributed by atoms with Crippen molar-refractivity contribution >= 4 is 33.6 Å². The van der Waals surface area contributed by atoms with Crippen molar-refractivity contribution < 1.29 is 22.7 Å². The number of anilines is 1. The summed E-state index contributed by atoms with van der Waals surface area (Å²) in [5.74, 6) is 0.761. The number of nitrogens with one attached hydrogen (secondary N) is 1. The van der Waals surface area contributed by atoms with Crippen LogP contribution in [0.1, 0.15) is 42.9 Å². The van der Waals surface area contributed by atoms with Crippen LogP contribution in [0, 0.1) is 11.3 Å². The summed E-state index contributed by atoms with van der Waals surface area (Å²) < 4.78 is 39.2. The lowest BCUT2D eigenvalue weighted by Gasteiger charge is -2.12. The quantitative estimate of drug-likeness (QED) is 0.389. The Balaban J connectivity index is 1.24. The van der Waals surface area contributed by atoms with Crippen LogP contribution in [0.15, 0.2) is 41.1 Å². The van der Waals surface area contributed by atoms with Crippen LogP contribution in [-0.4, -0.2) is 59.1 Å². The van der Waals surface area contributed by atoms with Crippen molar-refractivity contribution in [1.82, 2.24) is 19.9 Å². The average Bonchev–Trinajstić information content (AvgIpc) is 3.30. The number of ether oxygens (including phenoxy) is 1. The number of carbonyl (C=O) groups is 1. The second-order valence-electron chi connectivity index (χ2n) is 10.9. The maximum atomic E-state index is 13.8. The molecule has 2 aliphatic heterocycles. The number of amides is 1. The van der Waals surface area contributed by atoms with E-state index in [0.29, 0.717) is 40.4 Å². The third kappa shape index (κ3) is 3.94. The maximum absolute atomic E-state index is 13.8.